The SMILES string of the molecule is CCCCCCCCCCCCC(=O)NC(COC1OC(CO)C(OC2OC(CO)C(O)C(O)C2O)C(O)C1O)C(O)CCCCCCCCC. The van der Waals surface area contributed by atoms with Crippen LogP contribution in [0.1, 0.15) is 136 Å². The summed E-state index contributed by atoms with van der Waals surface area (Å²) in [4.78, 5) is 13.0. The van der Waals surface area contributed by atoms with Crippen LogP contribution in [0.3, 0.4) is 0 Å². The van der Waals surface area contributed by atoms with Crippen LogP contribution in [0.5, 0.6) is 0 Å². The maximum absolute atomic E-state index is 13.0. The van der Waals surface area contributed by atoms with Crippen LogP contribution in [0.2, 0.25) is 0 Å². The van der Waals surface area contributed by atoms with E-state index in [4.69, 9.17) is 18.9 Å². The molecule has 0 spiro atoms. The van der Waals surface area contributed by atoms with E-state index in [0.717, 1.165) is 51.4 Å². The third kappa shape index (κ3) is 16.5. The summed E-state index contributed by atoms with van der Waals surface area (Å²) >= 11 is 0. The molecule has 302 valence electrons. The fraction of sp³-hybridized carbons (Fsp3) is 0.973. The molecule has 14 heteroatoms. The Balaban J connectivity index is 1.94. The summed E-state index contributed by atoms with van der Waals surface area (Å²) in [7, 11) is 0. The summed E-state index contributed by atoms with van der Waals surface area (Å²) in [6.07, 6.45) is 3.02. The van der Waals surface area contributed by atoms with Gasteiger partial charge in [-0.15, -0.1) is 0 Å². The summed E-state index contributed by atoms with van der Waals surface area (Å²) < 4.78 is 22.5. The molecule has 0 bridgehead atoms. The molecule has 2 aliphatic heterocycles. The van der Waals surface area contributed by atoms with Crippen LogP contribution in [-0.4, -0.2) is 140 Å². The number of ether oxygens (including phenoxy) is 4. The highest BCUT2D eigenvalue weighted by atomic mass is 16.7. The van der Waals surface area contributed by atoms with Crippen LogP contribution in [0.4, 0.5) is 0 Å². The van der Waals surface area contributed by atoms with Gasteiger partial charge < -0.3 is 65.1 Å². The van der Waals surface area contributed by atoms with E-state index >= 15 is 0 Å². The highest BCUT2D eigenvalue weighted by Crippen LogP contribution is 2.30. The van der Waals surface area contributed by atoms with Crippen molar-refractivity contribution in [3.63, 3.8) is 0 Å². The molecule has 12 unspecified atom stereocenters. The molecule has 2 aliphatic rings. The second kappa shape index (κ2) is 26.7. The van der Waals surface area contributed by atoms with Crippen LogP contribution in [0.15, 0.2) is 0 Å². The lowest BCUT2D eigenvalue weighted by Crippen LogP contribution is -2.65. The molecule has 14 nitrogen and oxygen atoms in total. The second-order valence-electron chi connectivity index (χ2n) is 14.4. The number of amides is 1. The van der Waals surface area contributed by atoms with E-state index in [1.807, 2.05) is 0 Å². The van der Waals surface area contributed by atoms with Crippen molar-refractivity contribution in [2.75, 3.05) is 19.8 Å². The Morgan fingerprint density at radius 3 is 1.67 bits per heavy atom. The number of carbonyl (C=O) groups is 1. The fourth-order valence-electron chi connectivity index (χ4n) is 6.70. The molecule has 0 aromatic heterocycles. The van der Waals surface area contributed by atoms with Crippen molar-refractivity contribution in [3.05, 3.63) is 0 Å². The van der Waals surface area contributed by atoms with E-state index < -0.39 is 86.8 Å². The van der Waals surface area contributed by atoms with E-state index in [0.29, 0.717) is 12.8 Å². The topological polar surface area (TPSA) is 228 Å². The van der Waals surface area contributed by atoms with Crippen LogP contribution in [0.25, 0.3) is 0 Å². The average Bonchev–Trinajstić information content (AvgIpc) is 3.12. The summed E-state index contributed by atoms with van der Waals surface area (Å²) in [5.74, 6) is -0.215. The van der Waals surface area contributed by atoms with Crippen molar-refractivity contribution in [1.29, 1.82) is 0 Å². The first kappa shape index (κ1) is 46.1. The van der Waals surface area contributed by atoms with E-state index in [1.165, 1.54) is 57.8 Å². The van der Waals surface area contributed by atoms with E-state index in [2.05, 4.69) is 19.2 Å². The van der Waals surface area contributed by atoms with Gasteiger partial charge in [-0.25, -0.2) is 0 Å². The van der Waals surface area contributed by atoms with Gasteiger partial charge in [-0.05, 0) is 12.8 Å². The van der Waals surface area contributed by atoms with Gasteiger partial charge in [-0.2, -0.15) is 0 Å². The first-order chi connectivity index (χ1) is 24.6. The molecule has 9 N–H and O–H groups in total. The van der Waals surface area contributed by atoms with Crippen LogP contribution < -0.4 is 5.32 Å². The van der Waals surface area contributed by atoms with Crippen molar-refractivity contribution in [3.8, 4) is 0 Å². The third-order valence-corrected chi connectivity index (χ3v) is 10.1. The van der Waals surface area contributed by atoms with Crippen molar-refractivity contribution < 1.29 is 64.6 Å². The molecule has 0 aliphatic carbocycles. The molecule has 12 atom stereocenters. The quantitative estimate of drug-likeness (QED) is 0.0524. The minimum Gasteiger partial charge on any atom is -0.394 e. The van der Waals surface area contributed by atoms with Gasteiger partial charge in [0.15, 0.2) is 12.6 Å². The number of hydrogen-bond acceptors (Lipinski definition) is 13. The number of aliphatic hydroxyl groups excluding tert-OH is 8. The van der Waals surface area contributed by atoms with Gasteiger partial charge in [0.05, 0.1) is 32.0 Å². The molecular formula is C37H71NO13. The first-order valence-electron chi connectivity index (χ1n) is 19.8. The number of aliphatic hydroxyl groups is 8. The van der Waals surface area contributed by atoms with Gasteiger partial charge >= 0.3 is 0 Å². The molecule has 2 fully saturated rings. The minimum atomic E-state index is -1.78. The number of nitrogens with one attached hydrogen (secondary N) is 1. The molecule has 0 aromatic rings. The highest BCUT2D eigenvalue weighted by Gasteiger charge is 2.50. The molecule has 2 rings (SSSR count). The van der Waals surface area contributed by atoms with Crippen LogP contribution >= 0.6 is 0 Å². The number of carbonyl (C=O) groups excluding carboxylic acids is 1. The molecule has 0 saturated carbocycles. The molecule has 2 saturated heterocycles. The predicted octanol–water partition coefficient (Wildman–Crippen LogP) is 1.92. The number of unbranched alkanes of at least 4 members (excludes halogenated alkanes) is 15. The summed E-state index contributed by atoms with van der Waals surface area (Å²) in [5.41, 5.74) is 0. The molecule has 51 heavy (non-hydrogen) atoms. The Morgan fingerprint density at radius 1 is 0.627 bits per heavy atom. The maximum Gasteiger partial charge on any atom is 0.220 e. The standard InChI is InChI=1S/C37H71NO13/c1-3-5-7-9-11-12-13-15-17-19-21-29(42)38-25(26(41)20-18-16-14-10-8-6-4-2)24-48-36-34(47)32(45)35(28(23-40)50-36)51-37-33(46)31(44)30(43)27(22-39)49-37/h25-28,30-37,39-41,43-47H,3-24H2,1-2H3,(H,38,42). The van der Waals surface area contributed by atoms with E-state index in [1.54, 1.807) is 0 Å². The Hall–Kier alpha value is -1.01. The molecule has 1 amide bonds. The fourth-order valence-corrected chi connectivity index (χ4v) is 6.70. The lowest BCUT2D eigenvalue weighted by atomic mass is 9.97. The Labute approximate surface area is 304 Å². The normalized spacial score (nSPS) is 31.0. The maximum atomic E-state index is 13.0. The monoisotopic (exact) mass is 737 g/mol. The number of hydrogen-bond donors (Lipinski definition) is 9. The highest BCUT2D eigenvalue weighted by molar-refractivity contribution is 5.76. The molecule has 2 heterocycles. The van der Waals surface area contributed by atoms with Crippen molar-refractivity contribution in [2.45, 2.75) is 209 Å². The zero-order valence-corrected chi connectivity index (χ0v) is 31.1. The zero-order chi connectivity index (χ0) is 37.6. The summed E-state index contributed by atoms with van der Waals surface area (Å²) in [6.45, 7) is 2.74. The molecule has 0 aromatic carbocycles. The smallest absolute Gasteiger partial charge is 0.220 e. The van der Waals surface area contributed by atoms with Gasteiger partial charge in [-0.3, -0.25) is 4.79 Å². The minimum absolute atomic E-state index is 0.215. The average molecular weight is 738 g/mol. The lowest BCUT2D eigenvalue weighted by molar-refractivity contribution is -0.359. The second-order valence-corrected chi connectivity index (χ2v) is 14.4. The lowest BCUT2D eigenvalue weighted by Gasteiger charge is -2.46. The summed E-state index contributed by atoms with van der Waals surface area (Å²) in [5, 5.41) is 86.0. The van der Waals surface area contributed by atoms with Crippen molar-refractivity contribution in [2.24, 2.45) is 0 Å². The van der Waals surface area contributed by atoms with Crippen molar-refractivity contribution in [1.82, 2.24) is 5.32 Å². The van der Waals surface area contributed by atoms with Gasteiger partial charge in [0.25, 0.3) is 0 Å². The Morgan fingerprint density at radius 2 is 1.12 bits per heavy atom. The Bertz CT molecular complexity index is 883. The largest absolute Gasteiger partial charge is 0.394 e. The van der Waals surface area contributed by atoms with Crippen molar-refractivity contribution >= 4 is 5.91 Å². The van der Waals surface area contributed by atoms with Gasteiger partial charge in [0.1, 0.15) is 48.8 Å². The molecule has 0 radical (unpaired) electrons. The van der Waals surface area contributed by atoms with Crippen LogP contribution in [0, 0.1) is 0 Å². The van der Waals surface area contributed by atoms with E-state index in [9.17, 15) is 45.6 Å². The first-order valence-corrected chi connectivity index (χ1v) is 19.8. The van der Waals surface area contributed by atoms with Gasteiger partial charge in [0.2, 0.25) is 5.91 Å². The third-order valence-electron chi connectivity index (χ3n) is 10.1. The molecular weight excluding hydrogens is 666 g/mol. The van der Waals surface area contributed by atoms with Gasteiger partial charge in [-0.1, -0.05) is 117 Å². The predicted molar refractivity (Wildman–Crippen MR) is 189 cm³/mol. The summed E-state index contributed by atoms with van der Waals surface area (Å²) in [6, 6.07) is -0.815. The Kier molecular flexibility index (Phi) is 24.2. The van der Waals surface area contributed by atoms with E-state index in [-0.39, 0.29) is 12.5 Å². The van der Waals surface area contributed by atoms with Crippen LogP contribution in [-0.2, 0) is 23.7 Å². The number of rotatable bonds is 28. The zero-order valence-electron chi connectivity index (χ0n) is 31.1. The van der Waals surface area contributed by atoms with Gasteiger partial charge in [0, 0.05) is 6.42 Å².